The molecule has 1 atom stereocenters. The van der Waals surface area contributed by atoms with Gasteiger partial charge in [-0.05, 0) is 43.7 Å². The number of likely N-dealkylation sites (tertiary alicyclic amines) is 1. The quantitative estimate of drug-likeness (QED) is 0.826. The van der Waals surface area contributed by atoms with E-state index in [1.54, 1.807) is 11.3 Å². The Kier molecular flexibility index (Phi) is 2.92. The zero-order valence-corrected chi connectivity index (χ0v) is 10.8. The number of rotatable bonds is 1. The van der Waals surface area contributed by atoms with E-state index < -0.39 is 0 Å². The predicted octanol–water partition coefficient (Wildman–Crippen LogP) is 1.80. The van der Waals surface area contributed by atoms with Crippen LogP contribution in [0.25, 0.3) is 0 Å². The molecule has 17 heavy (non-hydrogen) atoms. The Morgan fingerprint density at radius 1 is 1.41 bits per heavy atom. The van der Waals surface area contributed by atoms with Crippen molar-refractivity contribution in [1.82, 2.24) is 4.90 Å². The van der Waals surface area contributed by atoms with E-state index in [2.05, 4.69) is 6.07 Å². The van der Waals surface area contributed by atoms with E-state index in [1.165, 1.54) is 23.3 Å². The first kappa shape index (κ1) is 11.2. The van der Waals surface area contributed by atoms with Crippen LogP contribution in [-0.2, 0) is 12.8 Å². The summed E-state index contributed by atoms with van der Waals surface area (Å²) in [7, 11) is 0. The Labute approximate surface area is 106 Å². The Morgan fingerprint density at radius 3 is 2.94 bits per heavy atom. The van der Waals surface area contributed by atoms with E-state index in [0.717, 1.165) is 37.2 Å². The van der Waals surface area contributed by atoms with Gasteiger partial charge in [0.05, 0.1) is 4.88 Å². The summed E-state index contributed by atoms with van der Waals surface area (Å²) in [5.74, 6) is 0.192. The van der Waals surface area contributed by atoms with Crippen LogP contribution >= 0.6 is 11.3 Å². The van der Waals surface area contributed by atoms with Crippen molar-refractivity contribution in [1.29, 1.82) is 0 Å². The van der Waals surface area contributed by atoms with Crippen LogP contribution in [0.3, 0.4) is 0 Å². The first-order valence-corrected chi connectivity index (χ1v) is 7.22. The van der Waals surface area contributed by atoms with Crippen molar-refractivity contribution in [2.45, 2.75) is 38.1 Å². The maximum Gasteiger partial charge on any atom is 0.263 e. The van der Waals surface area contributed by atoms with Gasteiger partial charge < -0.3 is 10.6 Å². The minimum Gasteiger partial charge on any atom is -0.336 e. The molecular weight excluding hydrogens is 232 g/mol. The molecule has 0 aromatic carbocycles. The molecule has 1 aromatic rings. The summed E-state index contributed by atoms with van der Waals surface area (Å²) in [6.45, 7) is 1.55. The number of carbonyl (C=O) groups is 1. The zero-order valence-electron chi connectivity index (χ0n) is 9.95. The van der Waals surface area contributed by atoms with Gasteiger partial charge >= 0.3 is 0 Å². The van der Waals surface area contributed by atoms with Crippen LogP contribution in [0.4, 0.5) is 0 Å². The van der Waals surface area contributed by atoms with Gasteiger partial charge in [0, 0.05) is 24.0 Å². The Bertz CT molecular complexity index is 417. The number of nitrogens with two attached hydrogens (primary N) is 1. The third-order valence-electron chi connectivity index (χ3n) is 3.72. The second-order valence-electron chi connectivity index (χ2n) is 5.07. The molecule has 2 N–H and O–H groups in total. The predicted molar refractivity (Wildman–Crippen MR) is 69.5 cm³/mol. The molecule has 0 spiro atoms. The fourth-order valence-corrected chi connectivity index (χ4v) is 3.95. The maximum absolute atomic E-state index is 12.3. The van der Waals surface area contributed by atoms with Gasteiger partial charge in [-0.1, -0.05) is 0 Å². The van der Waals surface area contributed by atoms with Gasteiger partial charge in [0.2, 0.25) is 0 Å². The lowest BCUT2D eigenvalue weighted by atomic mass is 9.99. The van der Waals surface area contributed by atoms with Crippen molar-refractivity contribution >= 4 is 17.2 Å². The van der Waals surface area contributed by atoms with E-state index in [-0.39, 0.29) is 11.9 Å². The maximum atomic E-state index is 12.3. The highest BCUT2D eigenvalue weighted by atomic mass is 32.1. The molecule has 4 heteroatoms. The van der Waals surface area contributed by atoms with E-state index in [9.17, 15) is 4.79 Å². The highest BCUT2D eigenvalue weighted by Gasteiger charge is 2.26. The molecule has 0 unspecified atom stereocenters. The summed E-state index contributed by atoms with van der Waals surface area (Å²) in [4.78, 5) is 16.6. The molecule has 3 rings (SSSR count). The Balaban J connectivity index is 1.79. The van der Waals surface area contributed by atoms with Gasteiger partial charge in [0.15, 0.2) is 0 Å². The first-order valence-electron chi connectivity index (χ1n) is 6.40. The van der Waals surface area contributed by atoms with E-state index in [4.69, 9.17) is 5.73 Å². The highest BCUT2D eigenvalue weighted by Crippen LogP contribution is 2.30. The summed E-state index contributed by atoms with van der Waals surface area (Å²) in [6, 6.07) is 2.29. The molecule has 1 saturated heterocycles. The van der Waals surface area contributed by atoms with Gasteiger partial charge in [-0.25, -0.2) is 0 Å². The van der Waals surface area contributed by atoms with Gasteiger partial charge in [0.25, 0.3) is 5.91 Å². The number of fused-ring (bicyclic) bond motifs is 1. The number of carbonyl (C=O) groups excluding carboxylic acids is 1. The van der Waals surface area contributed by atoms with Crippen molar-refractivity contribution in [3.63, 3.8) is 0 Å². The number of thiophene rings is 1. The molecule has 1 aromatic heterocycles. The average molecular weight is 250 g/mol. The molecule has 2 aliphatic rings. The summed E-state index contributed by atoms with van der Waals surface area (Å²) in [5.41, 5.74) is 7.26. The molecule has 2 heterocycles. The normalized spacial score (nSPS) is 23.8. The zero-order chi connectivity index (χ0) is 11.8. The molecule has 92 valence electrons. The second kappa shape index (κ2) is 4.42. The fourth-order valence-electron chi connectivity index (χ4n) is 2.72. The minimum absolute atomic E-state index is 0.175. The lowest BCUT2D eigenvalue weighted by molar-refractivity contribution is 0.0795. The number of nitrogens with zero attached hydrogens (tertiary/aromatic N) is 1. The molecule has 0 radical (unpaired) electrons. The third-order valence-corrected chi connectivity index (χ3v) is 4.94. The molecule has 1 aliphatic heterocycles. The van der Waals surface area contributed by atoms with Gasteiger partial charge in [0.1, 0.15) is 0 Å². The lowest BCUT2D eigenvalue weighted by Crippen LogP contribution is -2.31. The second-order valence-corrected chi connectivity index (χ2v) is 6.20. The van der Waals surface area contributed by atoms with Gasteiger partial charge in [-0.3, -0.25) is 4.79 Å². The Morgan fingerprint density at radius 2 is 2.24 bits per heavy atom. The van der Waals surface area contributed by atoms with Crippen molar-refractivity contribution in [3.05, 3.63) is 21.4 Å². The summed E-state index contributed by atoms with van der Waals surface area (Å²) < 4.78 is 0. The molecule has 1 aliphatic carbocycles. The third kappa shape index (κ3) is 2.11. The number of amides is 1. The number of aryl methyl sites for hydroxylation is 2. The molecule has 0 saturated carbocycles. The average Bonchev–Trinajstić information content (AvgIpc) is 2.93. The molecular formula is C13H18N2OS. The van der Waals surface area contributed by atoms with E-state index >= 15 is 0 Å². The molecule has 1 fully saturated rings. The molecule has 3 nitrogen and oxygen atoms in total. The van der Waals surface area contributed by atoms with Crippen LogP contribution in [0.15, 0.2) is 6.07 Å². The number of hydrogen-bond acceptors (Lipinski definition) is 3. The fraction of sp³-hybridized carbons (Fsp3) is 0.615. The van der Waals surface area contributed by atoms with Crippen LogP contribution in [0.5, 0.6) is 0 Å². The molecule has 0 bridgehead atoms. The summed E-state index contributed by atoms with van der Waals surface area (Å²) >= 11 is 1.70. The largest absolute Gasteiger partial charge is 0.336 e. The van der Waals surface area contributed by atoms with Crippen molar-refractivity contribution < 1.29 is 4.79 Å². The molecule has 1 amide bonds. The van der Waals surface area contributed by atoms with Crippen LogP contribution in [0.1, 0.15) is 39.4 Å². The number of hydrogen-bond donors (Lipinski definition) is 1. The van der Waals surface area contributed by atoms with Crippen molar-refractivity contribution in [2.24, 2.45) is 5.73 Å². The SMILES string of the molecule is N[C@@H]1CCN(C(=O)c2cc3c(s2)CCCC3)C1. The van der Waals surface area contributed by atoms with E-state index in [0.29, 0.717) is 0 Å². The van der Waals surface area contributed by atoms with Crippen LogP contribution in [-0.4, -0.2) is 29.9 Å². The monoisotopic (exact) mass is 250 g/mol. The highest BCUT2D eigenvalue weighted by molar-refractivity contribution is 7.14. The minimum atomic E-state index is 0.175. The van der Waals surface area contributed by atoms with E-state index in [1.807, 2.05) is 4.90 Å². The topological polar surface area (TPSA) is 46.3 Å². The standard InChI is InChI=1S/C13H18N2OS/c14-10-5-6-15(8-10)13(16)12-7-9-3-1-2-4-11(9)17-12/h7,10H,1-6,8,14H2/t10-/m1/s1. The lowest BCUT2D eigenvalue weighted by Gasteiger charge is -2.14. The first-order chi connectivity index (χ1) is 8.24. The smallest absolute Gasteiger partial charge is 0.263 e. The summed E-state index contributed by atoms with van der Waals surface area (Å²) in [5, 5.41) is 0. The Hall–Kier alpha value is -0.870. The van der Waals surface area contributed by atoms with Crippen LogP contribution in [0.2, 0.25) is 0 Å². The van der Waals surface area contributed by atoms with Crippen molar-refractivity contribution in [3.8, 4) is 0 Å². The van der Waals surface area contributed by atoms with Crippen molar-refractivity contribution in [2.75, 3.05) is 13.1 Å². The van der Waals surface area contributed by atoms with Crippen LogP contribution < -0.4 is 5.73 Å². The summed E-state index contributed by atoms with van der Waals surface area (Å²) in [6.07, 6.45) is 5.80. The van der Waals surface area contributed by atoms with Gasteiger partial charge in [-0.15, -0.1) is 11.3 Å². The van der Waals surface area contributed by atoms with Gasteiger partial charge in [-0.2, -0.15) is 0 Å². The van der Waals surface area contributed by atoms with Crippen LogP contribution in [0, 0.1) is 0 Å².